The second-order valence-corrected chi connectivity index (χ2v) is 4.78. The molecule has 0 aliphatic heterocycles. The van der Waals surface area contributed by atoms with Crippen molar-refractivity contribution in [1.82, 2.24) is 0 Å². The van der Waals surface area contributed by atoms with Crippen molar-refractivity contribution in [3.63, 3.8) is 0 Å². The van der Waals surface area contributed by atoms with E-state index in [-0.39, 0.29) is 12.0 Å². The number of aliphatic carboxylic acids is 1. The summed E-state index contributed by atoms with van der Waals surface area (Å²) in [6.45, 7) is 4.21. The standard InChI is InChI=1S/C11H21NO2/c1-7(2)10(12)8-4-3-5-9(6-8)11(13)14/h7-10H,3-6,12H2,1-2H3,(H,13,14)/t8-,9+,10?/m0/s1. The lowest BCUT2D eigenvalue weighted by Crippen LogP contribution is -2.39. The Morgan fingerprint density at radius 1 is 1.43 bits per heavy atom. The predicted octanol–water partition coefficient (Wildman–Crippen LogP) is 1.86. The first-order valence-electron chi connectivity index (χ1n) is 5.50. The molecule has 1 unspecified atom stereocenters. The van der Waals surface area contributed by atoms with Gasteiger partial charge in [0.1, 0.15) is 0 Å². The van der Waals surface area contributed by atoms with Gasteiger partial charge in [-0.1, -0.05) is 20.3 Å². The molecule has 14 heavy (non-hydrogen) atoms. The minimum absolute atomic E-state index is 0.154. The molecule has 0 amide bonds. The molecule has 1 aliphatic rings. The molecular weight excluding hydrogens is 178 g/mol. The van der Waals surface area contributed by atoms with Gasteiger partial charge in [0.25, 0.3) is 0 Å². The lowest BCUT2D eigenvalue weighted by Gasteiger charge is -2.32. The van der Waals surface area contributed by atoms with Gasteiger partial charge in [0.2, 0.25) is 0 Å². The highest BCUT2D eigenvalue weighted by Gasteiger charge is 2.31. The van der Waals surface area contributed by atoms with E-state index < -0.39 is 5.97 Å². The molecule has 1 fully saturated rings. The lowest BCUT2D eigenvalue weighted by molar-refractivity contribution is -0.143. The number of hydrogen-bond acceptors (Lipinski definition) is 2. The topological polar surface area (TPSA) is 63.3 Å². The summed E-state index contributed by atoms with van der Waals surface area (Å²) in [6, 6.07) is 0.164. The molecule has 3 heteroatoms. The first kappa shape index (κ1) is 11.5. The molecule has 1 aliphatic carbocycles. The summed E-state index contributed by atoms with van der Waals surface area (Å²) in [5, 5.41) is 8.94. The third kappa shape index (κ3) is 2.71. The molecule has 82 valence electrons. The smallest absolute Gasteiger partial charge is 0.306 e. The number of nitrogens with two attached hydrogens (primary N) is 1. The van der Waals surface area contributed by atoms with Gasteiger partial charge >= 0.3 is 5.97 Å². The maximum Gasteiger partial charge on any atom is 0.306 e. The van der Waals surface area contributed by atoms with E-state index in [9.17, 15) is 4.79 Å². The third-order valence-corrected chi connectivity index (χ3v) is 3.38. The molecule has 0 saturated heterocycles. The van der Waals surface area contributed by atoms with Gasteiger partial charge in [-0.3, -0.25) is 4.79 Å². The zero-order chi connectivity index (χ0) is 10.7. The van der Waals surface area contributed by atoms with E-state index in [1.807, 2.05) is 0 Å². The van der Waals surface area contributed by atoms with Crippen molar-refractivity contribution < 1.29 is 9.90 Å². The predicted molar refractivity (Wildman–Crippen MR) is 55.9 cm³/mol. The normalized spacial score (nSPS) is 30.3. The number of carboxylic acid groups (broad SMARTS) is 1. The van der Waals surface area contributed by atoms with Gasteiger partial charge in [0.05, 0.1) is 5.92 Å². The van der Waals surface area contributed by atoms with Gasteiger partial charge in [-0.15, -0.1) is 0 Å². The van der Waals surface area contributed by atoms with E-state index in [2.05, 4.69) is 13.8 Å². The van der Waals surface area contributed by atoms with Crippen molar-refractivity contribution in [2.75, 3.05) is 0 Å². The Kier molecular flexibility index (Phi) is 3.93. The Morgan fingerprint density at radius 2 is 2.07 bits per heavy atom. The fraction of sp³-hybridized carbons (Fsp3) is 0.909. The van der Waals surface area contributed by atoms with Crippen LogP contribution in [-0.4, -0.2) is 17.1 Å². The Labute approximate surface area is 85.7 Å². The summed E-state index contributed by atoms with van der Waals surface area (Å²) < 4.78 is 0. The van der Waals surface area contributed by atoms with Crippen LogP contribution in [0.1, 0.15) is 39.5 Å². The van der Waals surface area contributed by atoms with Crippen LogP contribution in [0, 0.1) is 17.8 Å². The molecular formula is C11H21NO2. The van der Waals surface area contributed by atoms with Crippen molar-refractivity contribution >= 4 is 5.97 Å². The molecule has 0 bridgehead atoms. The molecule has 1 saturated carbocycles. The van der Waals surface area contributed by atoms with E-state index in [1.165, 1.54) is 0 Å². The Hall–Kier alpha value is -0.570. The molecule has 0 heterocycles. The van der Waals surface area contributed by atoms with E-state index in [0.29, 0.717) is 11.8 Å². The van der Waals surface area contributed by atoms with Crippen LogP contribution >= 0.6 is 0 Å². The van der Waals surface area contributed by atoms with E-state index in [1.54, 1.807) is 0 Å². The SMILES string of the molecule is CC(C)C(N)[C@H]1CCC[C@@H](C(=O)O)C1. The highest BCUT2D eigenvalue weighted by molar-refractivity contribution is 5.70. The molecule has 0 aromatic rings. The molecule has 3 atom stereocenters. The largest absolute Gasteiger partial charge is 0.481 e. The van der Waals surface area contributed by atoms with Crippen LogP contribution in [0.5, 0.6) is 0 Å². The van der Waals surface area contributed by atoms with E-state index >= 15 is 0 Å². The fourth-order valence-corrected chi connectivity index (χ4v) is 2.35. The Balaban J connectivity index is 2.51. The van der Waals surface area contributed by atoms with Gasteiger partial charge in [0, 0.05) is 6.04 Å². The van der Waals surface area contributed by atoms with Crippen molar-refractivity contribution in [2.45, 2.75) is 45.6 Å². The molecule has 3 N–H and O–H groups in total. The van der Waals surface area contributed by atoms with Crippen LogP contribution in [0.3, 0.4) is 0 Å². The first-order chi connectivity index (χ1) is 6.52. The highest BCUT2D eigenvalue weighted by Crippen LogP contribution is 2.32. The maximum atomic E-state index is 10.9. The summed E-state index contributed by atoms with van der Waals surface area (Å²) in [5.41, 5.74) is 6.06. The third-order valence-electron chi connectivity index (χ3n) is 3.38. The van der Waals surface area contributed by atoms with Gasteiger partial charge in [-0.2, -0.15) is 0 Å². The Bertz CT molecular complexity index is 203. The van der Waals surface area contributed by atoms with Gasteiger partial charge < -0.3 is 10.8 Å². The molecule has 0 spiro atoms. The van der Waals surface area contributed by atoms with Crippen LogP contribution in [0.4, 0.5) is 0 Å². The highest BCUT2D eigenvalue weighted by atomic mass is 16.4. The van der Waals surface area contributed by atoms with Gasteiger partial charge in [-0.25, -0.2) is 0 Å². The van der Waals surface area contributed by atoms with E-state index in [4.69, 9.17) is 10.8 Å². The number of hydrogen-bond donors (Lipinski definition) is 2. The second-order valence-electron chi connectivity index (χ2n) is 4.78. The first-order valence-corrected chi connectivity index (χ1v) is 5.50. The van der Waals surface area contributed by atoms with Crippen molar-refractivity contribution in [3.8, 4) is 0 Å². The van der Waals surface area contributed by atoms with Crippen LogP contribution in [0.15, 0.2) is 0 Å². The number of carbonyl (C=O) groups is 1. The Morgan fingerprint density at radius 3 is 2.57 bits per heavy atom. The summed E-state index contributed by atoms with van der Waals surface area (Å²) in [5.74, 6) is 0.0570. The zero-order valence-electron chi connectivity index (χ0n) is 9.07. The fourth-order valence-electron chi connectivity index (χ4n) is 2.35. The average molecular weight is 199 g/mol. The minimum Gasteiger partial charge on any atom is -0.481 e. The molecule has 3 nitrogen and oxygen atoms in total. The van der Waals surface area contributed by atoms with Crippen molar-refractivity contribution in [2.24, 2.45) is 23.5 Å². The van der Waals surface area contributed by atoms with Crippen molar-refractivity contribution in [1.29, 1.82) is 0 Å². The van der Waals surface area contributed by atoms with Crippen LogP contribution in [-0.2, 0) is 4.79 Å². The number of carboxylic acids is 1. The maximum absolute atomic E-state index is 10.9. The monoisotopic (exact) mass is 199 g/mol. The summed E-state index contributed by atoms with van der Waals surface area (Å²) in [4.78, 5) is 10.9. The summed E-state index contributed by atoms with van der Waals surface area (Å²) in [7, 11) is 0. The summed E-state index contributed by atoms with van der Waals surface area (Å²) >= 11 is 0. The van der Waals surface area contributed by atoms with Crippen LogP contribution in [0.25, 0.3) is 0 Å². The van der Waals surface area contributed by atoms with Gasteiger partial charge in [-0.05, 0) is 31.1 Å². The summed E-state index contributed by atoms with van der Waals surface area (Å²) in [6.07, 6.45) is 3.72. The zero-order valence-corrected chi connectivity index (χ0v) is 9.07. The minimum atomic E-state index is -0.648. The number of rotatable bonds is 3. The van der Waals surface area contributed by atoms with Gasteiger partial charge in [0.15, 0.2) is 0 Å². The van der Waals surface area contributed by atoms with Crippen molar-refractivity contribution in [3.05, 3.63) is 0 Å². The lowest BCUT2D eigenvalue weighted by atomic mass is 9.75. The second kappa shape index (κ2) is 4.78. The molecule has 1 rings (SSSR count). The van der Waals surface area contributed by atoms with Crippen LogP contribution in [0.2, 0.25) is 0 Å². The van der Waals surface area contributed by atoms with E-state index in [0.717, 1.165) is 25.7 Å². The average Bonchev–Trinajstić information content (AvgIpc) is 2.16. The quantitative estimate of drug-likeness (QED) is 0.729. The van der Waals surface area contributed by atoms with Crippen LogP contribution < -0.4 is 5.73 Å². The molecule has 0 aromatic carbocycles. The molecule has 0 aromatic heterocycles. The molecule has 0 radical (unpaired) electrons.